The van der Waals surface area contributed by atoms with E-state index in [9.17, 15) is 18.0 Å². The molecule has 0 saturated carbocycles. The van der Waals surface area contributed by atoms with Gasteiger partial charge in [-0.05, 0) is 40.7 Å². The molecule has 0 spiro atoms. The van der Waals surface area contributed by atoms with E-state index < -0.39 is 17.4 Å². The maximum absolute atomic E-state index is 13.0. The molecule has 2 aromatic heterocycles. The highest BCUT2D eigenvalue weighted by atomic mass is 19.4. The number of fused-ring (bicyclic) bond motifs is 1. The molecule has 0 bridgehead atoms. The van der Waals surface area contributed by atoms with Gasteiger partial charge in [-0.25, -0.2) is 15.0 Å². The fourth-order valence-electron chi connectivity index (χ4n) is 4.71. The quantitative estimate of drug-likeness (QED) is 0.320. The molecule has 1 saturated heterocycles. The molecule has 0 aromatic carbocycles. The Morgan fingerprint density at radius 1 is 1.31 bits per heavy atom. The van der Waals surface area contributed by atoms with E-state index >= 15 is 0 Å². The molecule has 3 N–H and O–H groups in total. The number of piperidine rings is 1. The van der Waals surface area contributed by atoms with Gasteiger partial charge in [0.1, 0.15) is 23.7 Å². The summed E-state index contributed by atoms with van der Waals surface area (Å²) in [6, 6.07) is 0. The molecular weight excluding hydrogens is 515 g/mol. The van der Waals surface area contributed by atoms with Crippen molar-refractivity contribution < 1.29 is 22.5 Å². The summed E-state index contributed by atoms with van der Waals surface area (Å²) in [6.45, 7) is 11.9. The maximum Gasteiger partial charge on any atom is 0.455 e. The summed E-state index contributed by atoms with van der Waals surface area (Å²) in [5.41, 5.74) is 1.36. The number of likely N-dealkylation sites (N-methyl/N-ethyl adjacent to an activating group) is 1. The highest BCUT2D eigenvalue weighted by Crippen LogP contribution is 2.42. The second kappa shape index (κ2) is 11.1. The monoisotopic (exact) mass is 547 g/mol. The summed E-state index contributed by atoms with van der Waals surface area (Å²) in [4.78, 5) is 31.4. The SMILES string of the molecule is C=C(N=C(/C(=C\C)NCCNC)C1CCN(c2ncnc3c2C(C)(C)C(=O)N3)CC1)c1nc(C(F)(F)F)no1. The summed E-state index contributed by atoms with van der Waals surface area (Å²) in [5.74, 6) is -0.692. The number of anilines is 2. The van der Waals surface area contributed by atoms with Crippen LogP contribution in [0.4, 0.5) is 24.8 Å². The van der Waals surface area contributed by atoms with E-state index in [1.807, 2.05) is 33.9 Å². The predicted octanol–water partition coefficient (Wildman–Crippen LogP) is 3.15. The molecule has 2 aliphatic rings. The van der Waals surface area contributed by atoms with E-state index in [1.165, 1.54) is 6.33 Å². The van der Waals surface area contributed by atoms with Crippen molar-refractivity contribution in [1.82, 2.24) is 30.7 Å². The lowest BCUT2D eigenvalue weighted by Crippen LogP contribution is -2.40. The van der Waals surface area contributed by atoms with Crippen molar-refractivity contribution in [3.63, 3.8) is 0 Å². The second-order valence-electron chi connectivity index (χ2n) is 9.86. The largest absolute Gasteiger partial charge is 0.455 e. The van der Waals surface area contributed by atoms with E-state index in [-0.39, 0.29) is 23.4 Å². The Labute approximate surface area is 224 Å². The lowest BCUT2D eigenvalue weighted by atomic mass is 9.85. The minimum atomic E-state index is -4.74. The van der Waals surface area contributed by atoms with Gasteiger partial charge in [-0.2, -0.15) is 18.2 Å². The van der Waals surface area contributed by atoms with Crippen LogP contribution in [-0.4, -0.2) is 65.0 Å². The van der Waals surface area contributed by atoms with Crippen LogP contribution in [0.1, 0.15) is 50.9 Å². The first-order chi connectivity index (χ1) is 18.5. The number of nitrogens with zero attached hydrogens (tertiary/aromatic N) is 6. The zero-order chi connectivity index (χ0) is 28.4. The fraction of sp³-hybridized carbons (Fsp3) is 0.520. The third kappa shape index (κ3) is 5.79. The van der Waals surface area contributed by atoms with Gasteiger partial charge in [-0.1, -0.05) is 17.8 Å². The summed E-state index contributed by atoms with van der Waals surface area (Å²) < 4.78 is 43.8. The van der Waals surface area contributed by atoms with Gasteiger partial charge in [0.25, 0.3) is 11.7 Å². The number of nitrogens with one attached hydrogen (secondary N) is 3. The standard InChI is InChI=1S/C25H32F3N9O2/c1-6-16(30-10-9-29-5)18(33-14(2)21-35-22(36-39-21)25(26,27)28)15-7-11-37(12-8-15)20-17-19(31-13-32-20)34-23(38)24(17,3)4/h6,13,15,29-30H,2,7-12H2,1,3-5H3,(H,31,32,34,38)/b16-6+,33-18?. The minimum absolute atomic E-state index is 0.0426. The van der Waals surface area contributed by atoms with E-state index in [4.69, 9.17) is 4.52 Å². The number of carbonyl (C=O) groups excluding carboxylic acids is 1. The van der Waals surface area contributed by atoms with Gasteiger partial charge in [0.15, 0.2) is 0 Å². The van der Waals surface area contributed by atoms with Crippen molar-refractivity contribution >= 4 is 29.0 Å². The molecule has 1 amide bonds. The summed E-state index contributed by atoms with van der Waals surface area (Å²) in [7, 11) is 1.84. The number of hydrogen-bond donors (Lipinski definition) is 3. The Morgan fingerprint density at radius 3 is 2.64 bits per heavy atom. The number of allylic oxidation sites excluding steroid dienone is 2. The van der Waals surface area contributed by atoms with Gasteiger partial charge >= 0.3 is 6.18 Å². The van der Waals surface area contributed by atoms with E-state index in [2.05, 4.69) is 52.5 Å². The van der Waals surface area contributed by atoms with Crippen molar-refractivity contribution in [2.75, 3.05) is 43.4 Å². The third-order valence-electron chi connectivity index (χ3n) is 6.87. The van der Waals surface area contributed by atoms with Crippen LogP contribution in [0.5, 0.6) is 0 Å². The summed E-state index contributed by atoms with van der Waals surface area (Å²) >= 11 is 0. The molecule has 0 radical (unpaired) electrons. The van der Waals surface area contributed by atoms with Gasteiger partial charge in [-0.3, -0.25) is 4.79 Å². The Kier molecular flexibility index (Phi) is 8.04. The Balaban J connectivity index is 1.58. The van der Waals surface area contributed by atoms with Gasteiger partial charge in [0.05, 0.1) is 22.4 Å². The van der Waals surface area contributed by atoms with Gasteiger partial charge < -0.3 is 25.4 Å². The Bertz CT molecular complexity index is 1290. The molecule has 14 heteroatoms. The zero-order valence-electron chi connectivity index (χ0n) is 22.3. The number of alkyl halides is 3. The van der Waals surface area contributed by atoms with Gasteiger partial charge in [0, 0.05) is 32.1 Å². The molecule has 2 aliphatic heterocycles. The van der Waals surface area contributed by atoms with Crippen LogP contribution in [-0.2, 0) is 16.4 Å². The second-order valence-corrected chi connectivity index (χ2v) is 9.86. The van der Waals surface area contributed by atoms with E-state index in [0.717, 1.165) is 11.3 Å². The summed E-state index contributed by atoms with van der Waals surface area (Å²) in [6.07, 6.45) is -0.0621. The smallest absolute Gasteiger partial charge is 0.383 e. The number of aliphatic imine (C=N–C) groups is 1. The first-order valence-electron chi connectivity index (χ1n) is 12.6. The van der Waals surface area contributed by atoms with Crippen LogP contribution in [0.2, 0.25) is 0 Å². The minimum Gasteiger partial charge on any atom is -0.383 e. The summed E-state index contributed by atoms with van der Waals surface area (Å²) in [5, 5.41) is 12.3. The van der Waals surface area contributed by atoms with Gasteiger partial charge in [0.2, 0.25) is 5.91 Å². The normalized spacial score (nSPS) is 18.2. The number of amides is 1. The molecule has 4 rings (SSSR count). The van der Waals surface area contributed by atoms with Crippen LogP contribution in [0.25, 0.3) is 5.70 Å². The van der Waals surface area contributed by atoms with Crippen molar-refractivity contribution in [2.45, 2.75) is 45.2 Å². The maximum atomic E-state index is 13.0. The lowest BCUT2D eigenvalue weighted by Gasteiger charge is -2.35. The highest BCUT2D eigenvalue weighted by Gasteiger charge is 2.43. The Hall–Kier alpha value is -3.81. The van der Waals surface area contributed by atoms with Crippen molar-refractivity contribution in [3.8, 4) is 0 Å². The predicted molar refractivity (Wildman–Crippen MR) is 140 cm³/mol. The lowest BCUT2D eigenvalue weighted by molar-refractivity contribution is -0.146. The molecule has 1 fully saturated rings. The Morgan fingerprint density at radius 2 is 2.03 bits per heavy atom. The topological polar surface area (TPSA) is 133 Å². The van der Waals surface area contributed by atoms with Crippen molar-refractivity contribution in [2.24, 2.45) is 10.9 Å². The van der Waals surface area contributed by atoms with E-state index in [0.29, 0.717) is 56.4 Å². The van der Waals surface area contributed by atoms with Crippen LogP contribution in [0, 0.1) is 5.92 Å². The van der Waals surface area contributed by atoms with Gasteiger partial charge in [-0.15, -0.1) is 0 Å². The van der Waals surface area contributed by atoms with E-state index in [1.54, 1.807) is 0 Å². The molecule has 2 aromatic rings. The number of aromatic nitrogens is 4. The molecule has 11 nitrogen and oxygen atoms in total. The average Bonchev–Trinajstić information content (AvgIpc) is 3.49. The van der Waals surface area contributed by atoms with Crippen LogP contribution >= 0.6 is 0 Å². The number of rotatable bonds is 9. The first-order valence-corrected chi connectivity index (χ1v) is 12.6. The molecule has 210 valence electrons. The first kappa shape index (κ1) is 28.2. The number of hydrogen-bond acceptors (Lipinski definition) is 10. The third-order valence-corrected chi connectivity index (χ3v) is 6.87. The zero-order valence-corrected chi connectivity index (χ0v) is 22.3. The molecule has 0 atom stereocenters. The van der Waals surface area contributed by atoms with Crippen molar-refractivity contribution in [1.29, 1.82) is 0 Å². The number of halogens is 3. The molecule has 4 heterocycles. The van der Waals surface area contributed by atoms with Crippen LogP contribution < -0.4 is 20.9 Å². The van der Waals surface area contributed by atoms with Crippen molar-refractivity contribution in [3.05, 3.63) is 42.0 Å². The molecule has 39 heavy (non-hydrogen) atoms. The fourth-order valence-corrected chi connectivity index (χ4v) is 4.71. The number of carbonyl (C=O) groups is 1. The van der Waals surface area contributed by atoms with Crippen LogP contribution in [0.3, 0.4) is 0 Å². The average molecular weight is 548 g/mol. The highest BCUT2D eigenvalue weighted by molar-refractivity contribution is 6.06. The molecule has 0 aliphatic carbocycles. The molecular formula is C25H32F3N9O2. The van der Waals surface area contributed by atoms with Crippen LogP contribution in [0.15, 0.2) is 34.2 Å². The molecule has 0 unspecified atom stereocenters.